The van der Waals surface area contributed by atoms with Crippen LogP contribution in [0.4, 0.5) is 13.2 Å². The Bertz CT molecular complexity index is 585. The standard InChI is InChI=1S/C13H11BrF3NOS/c1-18-12(8-6-11(14)20-7-8)9-4-2-3-5-10(9)19-13(15,16)17/h2-7,12,18H,1H3. The molecule has 0 saturated carbocycles. The molecule has 2 nitrogen and oxygen atoms in total. The summed E-state index contributed by atoms with van der Waals surface area (Å²) in [6.07, 6.45) is -4.70. The van der Waals surface area contributed by atoms with E-state index in [4.69, 9.17) is 0 Å². The number of para-hydroxylation sites is 1. The molecule has 0 bridgehead atoms. The van der Waals surface area contributed by atoms with Gasteiger partial charge in [-0.25, -0.2) is 0 Å². The van der Waals surface area contributed by atoms with Crippen molar-refractivity contribution < 1.29 is 17.9 Å². The molecule has 7 heteroatoms. The molecule has 0 aliphatic rings. The van der Waals surface area contributed by atoms with E-state index in [1.165, 1.54) is 23.5 Å². The minimum Gasteiger partial charge on any atom is -0.405 e. The van der Waals surface area contributed by atoms with Crippen molar-refractivity contribution >= 4 is 27.3 Å². The van der Waals surface area contributed by atoms with Gasteiger partial charge in [0.2, 0.25) is 0 Å². The summed E-state index contributed by atoms with van der Waals surface area (Å²) >= 11 is 4.82. The number of rotatable bonds is 4. The van der Waals surface area contributed by atoms with Crippen LogP contribution in [0.2, 0.25) is 0 Å². The monoisotopic (exact) mass is 365 g/mol. The smallest absolute Gasteiger partial charge is 0.405 e. The first-order valence-corrected chi connectivity index (χ1v) is 7.34. The molecular weight excluding hydrogens is 355 g/mol. The number of halogens is 4. The molecule has 1 aromatic carbocycles. The highest BCUT2D eigenvalue weighted by Gasteiger charge is 2.33. The quantitative estimate of drug-likeness (QED) is 0.846. The maximum absolute atomic E-state index is 12.4. The Morgan fingerprint density at radius 1 is 1.30 bits per heavy atom. The minimum atomic E-state index is -4.70. The van der Waals surface area contributed by atoms with Gasteiger partial charge < -0.3 is 10.1 Å². The van der Waals surface area contributed by atoms with Crippen LogP contribution in [0.25, 0.3) is 0 Å². The van der Waals surface area contributed by atoms with Gasteiger partial charge in [-0.05, 0) is 46.1 Å². The van der Waals surface area contributed by atoms with Crippen molar-refractivity contribution in [1.82, 2.24) is 5.32 Å². The van der Waals surface area contributed by atoms with Crippen LogP contribution in [0.15, 0.2) is 39.5 Å². The molecule has 0 radical (unpaired) electrons. The van der Waals surface area contributed by atoms with E-state index in [0.29, 0.717) is 5.56 Å². The van der Waals surface area contributed by atoms with Gasteiger partial charge in [0.05, 0.1) is 9.83 Å². The van der Waals surface area contributed by atoms with Crippen molar-refractivity contribution in [3.63, 3.8) is 0 Å². The average Bonchev–Trinajstić information content (AvgIpc) is 2.77. The van der Waals surface area contributed by atoms with Gasteiger partial charge in [-0.2, -0.15) is 0 Å². The average molecular weight is 366 g/mol. The molecule has 0 aliphatic heterocycles. The second-order valence-electron chi connectivity index (χ2n) is 3.99. The Balaban J connectivity index is 2.39. The van der Waals surface area contributed by atoms with Crippen LogP contribution in [0.1, 0.15) is 17.2 Å². The third-order valence-corrected chi connectivity index (χ3v) is 4.19. The van der Waals surface area contributed by atoms with Crippen LogP contribution in [0, 0.1) is 0 Å². The molecule has 0 spiro atoms. The number of nitrogens with one attached hydrogen (secondary N) is 1. The lowest BCUT2D eigenvalue weighted by Crippen LogP contribution is -2.22. The largest absolute Gasteiger partial charge is 0.573 e. The van der Waals surface area contributed by atoms with E-state index in [1.807, 2.05) is 11.4 Å². The third kappa shape index (κ3) is 3.74. The van der Waals surface area contributed by atoms with Crippen LogP contribution in [0.3, 0.4) is 0 Å². The van der Waals surface area contributed by atoms with E-state index in [0.717, 1.165) is 9.35 Å². The SMILES string of the molecule is CNC(c1csc(Br)c1)c1ccccc1OC(F)(F)F. The zero-order chi connectivity index (χ0) is 14.8. The van der Waals surface area contributed by atoms with E-state index >= 15 is 0 Å². The molecule has 1 aromatic heterocycles. The second kappa shape index (κ2) is 6.15. The van der Waals surface area contributed by atoms with E-state index in [9.17, 15) is 13.2 Å². The summed E-state index contributed by atoms with van der Waals surface area (Å²) < 4.78 is 42.4. The molecule has 0 aliphatic carbocycles. The van der Waals surface area contributed by atoms with E-state index in [2.05, 4.69) is 26.0 Å². The summed E-state index contributed by atoms with van der Waals surface area (Å²) in [7, 11) is 1.70. The molecular formula is C13H11BrF3NOS. The lowest BCUT2D eigenvalue weighted by atomic mass is 10.0. The van der Waals surface area contributed by atoms with E-state index < -0.39 is 6.36 Å². The second-order valence-corrected chi connectivity index (χ2v) is 6.28. The predicted molar refractivity (Wildman–Crippen MR) is 76.0 cm³/mol. The van der Waals surface area contributed by atoms with Crippen LogP contribution < -0.4 is 10.1 Å². The van der Waals surface area contributed by atoms with Crippen molar-refractivity contribution in [1.29, 1.82) is 0 Å². The molecule has 108 valence electrons. The normalized spacial score (nSPS) is 13.2. The predicted octanol–water partition coefficient (Wildman–Crippen LogP) is 4.72. The summed E-state index contributed by atoms with van der Waals surface area (Å²) in [5, 5.41) is 4.90. The summed E-state index contributed by atoms with van der Waals surface area (Å²) in [4.78, 5) is 0. The molecule has 0 saturated heterocycles. The highest BCUT2D eigenvalue weighted by atomic mass is 79.9. The Kier molecular flexibility index (Phi) is 4.72. The lowest BCUT2D eigenvalue weighted by Gasteiger charge is -2.20. The van der Waals surface area contributed by atoms with Crippen molar-refractivity contribution in [2.45, 2.75) is 12.4 Å². The van der Waals surface area contributed by atoms with Gasteiger partial charge in [-0.1, -0.05) is 18.2 Å². The molecule has 1 unspecified atom stereocenters. The maximum Gasteiger partial charge on any atom is 0.573 e. The highest BCUT2D eigenvalue weighted by Crippen LogP contribution is 2.35. The highest BCUT2D eigenvalue weighted by molar-refractivity contribution is 9.11. The number of alkyl halides is 3. The number of hydrogen-bond donors (Lipinski definition) is 1. The van der Waals surface area contributed by atoms with Crippen LogP contribution in [-0.4, -0.2) is 13.4 Å². The summed E-state index contributed by atoms with van der Waals surface area (Å²) in [5.41, 5.74) is 1.32. The molecule has 1 N–H and O–H groups in total. The van der Waals surface area contributed by atoms with Gasteiger partial charge in [0.15, 0.2) is 0 Å². The van der Waals surface area contributed by atoms with Crippen LogP contribution in [-0.2, 0) is 0 Å². The van der Waals surface area contributed by atoms with E-state index in [-0.39, 0.29) is 11.8 Å². The van der Waals surface area contributed by atoms with Crippen molar-refractivity contribution in [3.8, 4) is 5.75 Å². The molecule has 2 rings (SSSR count). The number of benzene rings is 1. The fourth-order valence-corrected chi connectivity index (χ4v) is 3.11. The van der Waals surface area contributed by atoms with Gasteiger partial charge in [-0.3, -0.25) is 0 Å². The van der Waals surface area contributed by atoms with Gasteiger partial charge in [0.25, 0.3) is 0 Å². The van der Waals surface area contributed by atoms with Crippen LogP contribution in [0.5, 0.6) is 5.75 Å². The first-order valence-electron chi connectivity index (χ1n) is 5.66. The molecule has 2 aromatic rings. The molecule has 0 fully saturated rings. The van der Waals surface area contributed by atoms with Crippen LogP contribution >= 0.6 is 27.3 Å². The zero-order valence-corrected chi connectivity index (χ0v) is 12.8. The summed E-state index contributed by atoms with van der Waals surface area (Å²) in [6, 6.07) is 7.64. The Morgan fingerprint density at radius 2 is 2.00 bits per heavy atom. The zero-order valence-electron chi connectivity index (χ0n) is 10.4. The van der Waals surface area contributed by atoms with Gasteiger partial charge >= 0.3 is 6.36 Å². The number of ether oxygens (including phenoxy) is 1. The summed E-state index contributed by atoms with van der Waals surface area (Å²) in [6.45, 7) is 0. The van der Waals surface area contributed by atoms with Gasteiger partial charge in [-0.15, -0.1) is 24.5 Å². The number of thiophene rings is 1. The van der Waals surface area contributed by atoms with Gasteiger partial charge in [0.1, 0.15) is 5.75 Å². The maximum atomic E-state index is 12.4. The van der Waals surface area contributed by atoms with E-state index in [1.54, 1.807) is 19.2 Å². The fraction of sp³-hybridized carbons (Fsp3) is 0.231. The van der Waals surface area contributed by atoms with Crippen molar-refractivity contribution in [3.05, 3.63) is 50.6 Å². The van der Waals surface area contributed by atoms with Gasteiger partial charge in [0, 0.05) is 5.56 Å². The first-order chi connectivity index (χ1) is 9.40. The third-order valence-electron chi connectivity index (χ3n) is 2.67. The van der Waals surface area contributed by atoms with Crippen molar-refractivity contribution in [2.24, 2.45) is 0 Å². The Morgan fingerprint density at radius 3 is 2.55 bits per heavy atom. The minimum absolute atomic E-state index is 0.193. The molecule has 1 atom stereocenters. The fourth-order valence-electron chi connectivity index (χ4n) is 1.91. The lowest BCUT2D eigenvalue weighted by molar-refractivity contribution is -0.275. The van der Waals surface area contributed by atoms with Crippen molar-refractivity contribution in [2.75, 3.05) is 7.05 Å². The molecule has 20 heavy (non-hydrogen) atoms. The summed E-state index contributed by atoms with van der Waals surface area (Å²) in [5.74, 6) is -0.193. The molecule has 1 heterocycles. The first kappa shape index (κ1) is 15.3. The Labute approximate surface area is 126 Å². The molecule has 0 amide bonds. The number of hydrogen-bond acceptors (Lipinski definition) is 3. The Hall–Kier alpha value is -1.05. The topological polar surface area (TPSA) is 21.3 Å².